The quantitative estimate of drug-likeness (QED) is 0.106. The number of hydrogen-bond donors (Lipinski definition) is 0. The van der Waals surface area contributed by atoms with Gasteiger partial charge in [-0.05, 0) is 62.3 Å². The Bertz CT molecular complexity index is 240. The molecule has 0 amide bonds. The van der Waals surface area contributed by atoms with E-state index < -0.39 is 25.8 Å². The van der Waals surface area contributed by atoms with Gasteiger partial charge in [-0.25, -0.2) is 0 Å². The number of hydrogen-bond acceptors (Lipinski definition) is 9. The van der Waals surface area contributed by atoms with E-state index in [1.807, 2.05) is 62.3 Å². The number of rotatable bonds is 18. The van der Waals surface area contributed by atoms with Crippen molar-refractivity contribution in [2.75, 3.05) is 59.5 Å². The predicted molar refractivity (Wildman–Crippen MR) is 137 cm³/mol. The molecule has 208 valence electrons. The molecule has 0 aliphatic heterocycles. The fraction of sp³-hybridized carbons (Fsp3) is 1.00. The van der Waals surface area contributed by atoms with Gasteiger partial charge in [-0.3, -0.25) is 0 Å². The van der Waals surface area contributed by atoms with Crippen molar-refractivity contribution in [3.05, 3.63) is 0 Å². The van der Waals surface area contributed by atoms with Gasteiger partial charge in [-0.2, -0.15) is 0 Å². The zero-order valence-corrected chi connectivity index (χ0v) is 27.4. The fourth-order valence-electron chi connectivity index (χ4n) is 1.28. The van der Waals surface area contributed by atoms with Gasteiger partial charge in [0.05, 0.1) is 59.5 Å². The molecule has 0 aliphatic rings. The molecule has 0 bridgehead atoms. The molecule has 0 radical (unpaired) electrons. The third kappa shape index (κ3) is 41.5. The summed E-state index contributed by atoms with van der Waals surface area (Å²) in [6, 6.07) is 0. The number of halogens is 2. The second-order valence-corrected chi connectivity index (χ2v) is 10.8. The van der Waals surface area contributed by atoms with Crippen LogP contribution in [0.25, 0.3) is 0 Å². The minimum atomic E-state index is -1.06. The van der Waals surface area contributed by atoms with Gasteiger partial charge in [0.1, 0.15) is 0 Å². The van der Waals surface area contributed by atoms with E-state index >= 15 is 0 Å². The van der Waals surface area contributed by atoms with E-state index in [4.69, 9.17) is 60.1 Å². The van der Waals surface area contributed by atoms with Crippen LogP contribution in [-0.2, 0) is 55.9 Å². The third-order valence-electron chi connectivity index (χ3n) is 2.11. The second-order valence-electron chi connectivity index (χ2n) is 4.48. The van der Waals surface area contributed by atoms with Crippen LogP contribution < -0.4 is 0 Å². The normalized spacial score (nSPS) is 10.5. The second kappa shape index (κ2) is 41.3. The first-order valence-corrected chi connectivity index (χ1v) is 18.6. The molecule has 0 rings (SSSR count). The van der Waals surface area contributed by atoms with Crippen LogP contribution in [0.3, 0.4) is 0 Å². The van der Waals surface area contributed by atoms with Crippen molar-refractivity contribution in [3.63, 3.8) is 0 Å². The van der Waals surface area contributed by atoms with Crippen LogP contribution in [-0.4, -0.2) is 59.5 Å². The van der Waals surface area contributed by atoms with Gasteiger partial charge in [0.25, 0.3) is 0 Å². The molecule has 0 N–H and O–H groups in total. The van der Waals surface area contributed by atoms with E-state index in [-0.39, 0.29) is 15.1 Å². The van der Waals surface area contributed by atoms with E-state index in [1.165, 1.54) is 0 Å². The van der Waals surface area contributed by atoms with E-state index in [1.54, 1.807) is 0 Å². The molecule has 0 aliphatic carbocycles. The molecule has 33 heavy (non-hydrogen) atoms. The van der Waals surface area contributed by atoms with Crippen LogP contribution in [0, 0.1) is 0 Å². The molecule has 0 aromatic carbocycles. The molecule has 0 saturated heterocycles. The van der Waals surface area contributed by atoms with Crippen LogP contribution in [0.4, 0.5) is 0 Å². The Morgan fingerprint density at radius 3 is 0.515 bits per heavy atom. The average molecular weight is 670 g/mol. The molecule has 0 saturated carbocycles. The van der Waals surface area contributed by atoms with E-state index in [0.29, 0.717) is 59.5 Å². The summed E-state index contributed by atoms with van der Waals surface area (Å²) in [5.41, 5.74) is 0. The monoisotopic (exact) mass is 670 g/mol. The summed E-state index contributed by atoms with van der Waals surface area (Å²) in [4.78, 5) is 0. The van der Waals surface area contributed by atoms with Gasteiger partial charge < -0.3 is 40.7 Å². The van der Waals surface area contributed by atoms with Crippen LogP contribution in [0.5, 0.6) is 0 Å². The molecule has 0 aromatic heterocycles. The van der Waals surface area contributed by atoms with E-state index in [2.05, 4.69) is 0 Å². The van der Waals surface area contributed by atoms with Crippen molar-refractivity contribution in [1.82, 2.24) is 0 Å². The van der Waals surface area contributed by atoms with Crippen LogP contribution >= 0.6 is 45.2 Å². The maximum absolute atomic E-state index is 5.14. The Hall–Kier alpha value is 2.13. The topological polar surface area (TPSA) is 83.1 Å². The molecule has 0 heterocycles. The van der Waals surface area contributed by atoms with Gasteiger partial charge in [0.2, 0.25) is 0 Å². The maximum atomic E-state index is 5.14. The van der Waals surface area contributed by atoms with Crippen LogP contribution in [0.2, 0.25) is 0 Å². The van der Waals surface area contributed by atoms with Crippen molar-refractivity contribution >= 4 is 45.2 Å². The molecule has 0 atom stereocenters. The fourth-order valence-corrected chi connectivity index (χ4v) is 3.85. The van der Waals surface area contributed by atoms with E-state index in [0.717, 1.165) is 0 Å². The summed E-state index contributed by atoms with van der Waals surface area (Å²) in [5, 5.41) is 0. The molecular formula is C18H45Cl2O9P3Ru. The van der Waals surface area contributed by atoms with Crippen molar-refractivity contribution in [1.29, 1.82) is 0 Å². The standard InChI is InChI=1S/3C6H15O3P.2ClH.Ru/c3*1-4-7-10(8-5-2)9-6-3;;;/h3*4-6H2,1-3H3;2*1H;/q;;;;;+2/p-2. The first-order valence-electron chi connectivity index (χ1n) is 10.9. The van der Waals surface area contributed by atoms with Crippen molar-refractivity contribution in [2.24, 2.45) is 0 Å². The Kier molecular flexibility index (Phi) is 52.8. The Morgan fingerprint density at radius 1 is 0.364 bits per heavy atom. The molecule has 0 unspecified atom stereocenters. The molecular weight excluding hydrogens is 625 g/mol. The molecule has 0 fully saturated rings. The summed E-state index contributed by atoms with van der Waals surface area (Å²) >= 11 is -0.346. The summed E-state index contributed by atoms with van der Waals surface area (Å²) in [6.07, 6.45) is 0. The van der Waals surface area contributed by atoms with Gasteiger partial charge >= 0.3 is 60.3 Å². The SMILES string of the molecule is CCOP(OCC)OCC.CCOP(OCC)OCC.CCOP(OCC)OCC.[Cl][Ru][Cl]. The zero-order valence-electron chi connectivity index (χ0n) is 21.5. The van der Waals surface area contributed by atoms with Gasteiger partial charge in [0, 0.05) is 0 Å². The third-order valence-corrected chi connectivity index (χ3v) is 6.33. The zero-order chi connectivity index (χ0) is 26.2. The van der Waals surface area contributed by atoms with Gasteiger partial charge in [0.15, 0.2) is 0 Å². The van der Waals surface area contributed by atoms with Gasteiger partial charge in [-0.1, -0.05) is 0 Å². The molecule has 9 nitrogen and oxygen atoms in total. The van der Waals surface area contributed by atoms with Crippen molar-refractivity contribution in [3.8, 4) is 0 Å². The summed E-state index contributed by atoms with van der Waals surface area (Å²) in [6.45, 7) is 23.1. The average Bonchev–Trinajstić information content (AvgIpc) is 2.77. The molecule has 15 heteroatoms. The Balaban J connectivity index is -0.000000180. The van der Waals surface area contributed by atoms with Crippen molar-refractivity contribution < 1.29 is 55.9 Å². The van der Waals surface area contributed by atoms with Gasteiger partial charge in [-0.15, -0.1) is 0 Å². The molecule has 0 spiro atoms. The van der Waals surface area contributed by atoms with Crippen LogP contribution in [0.1, 0.15) is 62.3 Å². The predicted octanol–water partition coefficient (Wildman–Crippen LogP) is 8.34. The van der Waals surface area contributed by atoms with Crippen molar-refractivity contribution in [2.45, 2.75) is 62.3 Å². The van der Waals surface area contributed by atoms with E-state index in [9.17, 15) is 0 Å². The Morgan fingerprint density at radius 2 is 0.455 bits per heavy atom. The Labute approximate surface area is 222 Å². The molecule has 0 aromatic rings. The first-order chi connectivity index (χ1) is 16.0. The summed E-state index contributed by atoms with van der Waals surface area (Å²) in [7, 11) is 6.52. The summed E-state index contributed by atoms with van der Waals surface area (Å²) < 4.78 is 46.3. The van der Waals surface area contributed by atoms with Crippen LogP contribution in [0.15, 0.2) is 0 Å². The first kappa shape index (κ1) is 42.2. The summed E-state index contributed by atoms with van der Waals surface area (Å²) in [5.74, 6) is 0. The minimum absolute atomic E-state index is 0.346.